The number of halogens is 1. The molecule has 0 unspecified atom stereocenters. The van der Waals surface area contributed by atoms with Crippen LogP contribution in [0.4, 0.5) is 4.39 Å². The van der Waals surface area contributed by atoms with E-state index in [2.05, 4.69) is 10.6 Å². The number of nitrogens with one attached hydrogen (secondary N) is 2. The fourth-order valence-corrected chi connectivity index (χ4v) is 2.30. The molecule has 4 nitrogen and oxygen atoms in total. The van der Waals surface area contributed by atoms with Gasteiger partial charge in [-0.25, -0.2) is 4.39 Å². The summed E-state index contributed by atoms with van der Waals surface area (Å²) in [5, 5.41) is 15.1. The molecular formula is C14H19FN2O2. The molecule has 0 spiro atoms. The highest BCUT2D eigenvalue weighted by atomic mass is 19.1. The number of carbonyl (C=O) groups excluding carboxylic acids is 1. The first-order valence-electron chi connectivity index (χ1n) is 6.50. The van der Waals surface area contributed by atoms with Gasteiger partial charge in [0.15, 0.2) is 0 Å². The summed E-state index contributed by atoms with van der Waals surface area (Å²) in [6, 6.07) is 4.36. The molecular weight excluding hydrogens is 247 g/mol. The fourth-order valence-electron chi connectivity index (χ4n) is 2.30. The van der Waals surface area contributed by atoms with Crippen molar-refractivity contribution in [1.82, 2.24) is 10.6 Å². The quantitative estimate of drug-likeness (QED) is 0.744. The van der Waals surface area contributed by atoms with Gasteiger partial charge in [-0.3, -0.25) is 4.79 Å². The van der Waals surface area contributed by atoms with Crippen LogP contribution in [0.5, 0.6) is 0 Å². The number of aryl methyl sites for hydroxylation is 1. The Morgan fingerprint density at radius 2 is 2.37 bits per heavy atom. The standard InChI is InChI=1S/C14H19FN2O2/c1-9-6-11(15)3-2-10(9)4-5-16-14(19)13-7-12(18)8-17-13/h2-3,6,12-13,17-18H,4-5,7-8H2,1H3,(H,16,19)/t12-,13+/m0/s1. The van der Waals surface area contributed by atoms with Crippen molar-refractivity contribution >= 4 is 5.91 Å². The summed E-state index contributed by atoms with van der Waals surface area (Å²) in [6.07, 6.45) is 0.698. The van der Waals surface area contributed by atoms with Crippen LogP contribution in [0.25, 0.3) is 0 Å². The molecule has 0 radical (unpaired) electrons. The van der Waals surface area contributed by atoms with Gasteiger partial charge in [0.25, 0.3) is 0 Å². The molecule has 104 valence electrons. The van der Waals surface area contributed by atoms with Crippen LogP contribution in [0.2, 0.25) is 0 Å². The molecule has 2 atom stereocenters. The summed E-state index contributed by atoms with van der Waals surface area (Å²) < 4.78 is 12.9. The van der Waals surface area contributed by atoms with E-state index >= 15 is 0 Å². The Hall–Kier alpha value is -1.46. The summed E-state index contributed by atoms with van der Waals surface area (Å²) >= 11 is 0. The molecule has 0 bridgehead atoms. The third-order valence-corrected chi connectivity index (χ3v) is 3.42. The molecule has 0 saturated carbocycles. The molecule has 1 aromatic carbocycles. The predicted octanol–water partition coefficient (Wildman–Crippen LogP) is 0.516. The number of hydrogen-bond donors (Lipinski definition) is 3. The third kappa shape index (κ3) is 3.75. The van der Waals surface area contributed by atoms with Crippen molar-refractivity contribution in [3.8, 4) is 0 Å². The monoisotopic (exact) mass is 266 g/mol. The minimum Gasteiger partial charge on any atom is -0.392 e. The second-order valence-corrected chi connectivity index (χ2v) is 4.96. The molecule has 0 aromatic heterocycles. The maximum atomic E-state index is 12.9. The topological polar surface area (TPSA) is 61.4 Å². The largest absolute Gasteiger partial charge is 0.392 e. The van der Waals surface area contributed by atoms with E-state index < -0.39 is 6.10 Å². The van der Waals surface area contributed by atoms with Gasteiger partial charge in [0.05, 0.1) is 12.1 Å². The minimum atomic E-state index is -0.435. The van der Waals surface area contributed by atoms with Crippen molar-refractivity contribution in [3.63, 3.8) is 0 Å². The first kappa shape index (κ1) is 14.0. The van der Waals surface area contributed by atoms with Gasteiger partial charge in [-0.15, -0.1) is 0 Å². The summed E-state index contributed by atoms with van der Waals surface area (Å²) in [5.74, 6) is -0.328. The van der Waals surface area contributed by atoms with Crippen molar-refractivity contribution < 1.29 is 14.3 Å². The van der Waals surface area contributed by atoms with Gasteiger partial charge >= 0.3 is 0 Å². The van der Waals surface area contributed by atoms with E-state index in [9.17, 15) is 14.3 Å². The van der Waals surface area contributed by atoms with Crippen molar-refractivity contribution in [1.29, 1.82) is 0 Å². The molecule has 1 amide bonds. The van der Waals surface area contributed by atoms with E-state index in [1.165, 1.54) is 12.1 Å². The van der Waals surface area contributed by atoms with E-state index in [0.717, 1.165) is 11.1 Å². The van der Waals surface area contributed by atoms with Crippen molar-refractivity contribution in [2.24, 2.45) is 0 Å². The summed E-state index contributed by atoms with van der Waals surface area (Å²) in [6.45, 7) is 2.84. The van der Waals surface area contributed by atoms with Gasteiger partial charge in [0.2, 0.25) is 5.91 Å². The number of aliphatic hydroxyl groups excluding tert-OH is 1. The first-order valence-corrected chi connectivity index (χ1v) is 6.50. The molecule has 5 heteroatoms. The highest BCUT2D eigenvalue weighted by Gasteiger charge is 2.27. The lowest BCUT2D eigenvalue weighted by atomic mass is 10.1. The van der Waals surface area contributed by atoms with Gasteiger partial charge in [0.1, 0.15) is 5.82 Å². The van der Waals surface area contributed by atoms with Crippen LogP contribution in [-0.4, -0.2) is 36.2 Å². The minimum absolute atomic E-state index is 0.0867. The zero-order valence-corrected chi connectivity index (χ0v) is 10.9. The average Bonchev–Trinajstić information content (AvgIpc) is 2.78. The van der Waals surface area contributed by atoms with Crippen molar-refractivity contribution in [2.45, 2.75) is 31.9 Å². The number of carbonyl (C=O) groups is 1. The molecule has 0 aliphatic carbocycles. The van der Waals surface area contributed by atoms with Gasteiger partial charge in [0, 0.05) is 13.1 Å². The summed E-state index contributed by atoms with van der Waals surface area (Å²) in [4.78, 5) is 11.8. The lowest BCUT2D eigenvalue weighted by Gasteiger charge is -2.11. The van der Waals surface area contributed by atoms with Gasteiger partial charge in [-0.05, 0) is 43.0 Å². The van der Waals surface area contributed by atoms with E-state index in [1.54, 1.807) is 6.07 Å². The zero-order valence-electron chi connectivity index (χ0n) is 10.9. The maximum Gasteiger partial charge on any atom is 0.237 e. The Labute approximate surface area is 112 Å². The molecule has 2 rings (SSSR count). The maximum absolute atomic E-state index is 12.9. The molecule has 19 heavy (non-hydrogen) atoms. The summed E-state index contributed by atoms with van der Waals surface area (Å²) in [7, 11) is 0. The van der Waals surface area contributed by atoms with E-state index in [4.69, 9.17) is 0 Å². The van der Waals surface area contributed by atoms with Crippen molar-refractivity contribution in [3.05, 3.63) is 35.1 Å². The second-order valence-electron chi connectivity index (χ2n) is 4.96. The average molecular weight is 266 g/mol. The fraction of sp³-hybridized carbons (Fsp3) is 0.500. The highest BCUT2D eigenvalue weighted by molar-refractivity contribution is 5.82. The number of hydrogen-bond acceptors (Lipinski definition) is 3. The van der Waals surface area contributed by atoms with Crippen molar-refractivity contribution in [2.75, 3.05) is 13.1 Å². The number of aliphatic hydroxyl groups is 1. The van der Waals surface area contributed by atoms with E-state index in [-0.39, 0.29) is 17.8 Å². The lowest BCUT2D eigenvalue weighted by Crippen LogP contribution is -2.41. The molecule has 1 heterocycles. The van der Waals surface area contributed by atoms with E-state index in [0.29, 0.717) is 25.9 Å². The van der Waals surface area contributed by atoms with Gasteiger partial charge < -0.3 is 15.7 Å². The number of benzene rings is 1. The Balaban J connectivity index is 1.78. The van der Waals surface area contributed by atoms with Crippen LogP contribution in [0.15, 0.2) is 18.2 Å². The summed E-state index contributed by atoms with van der Waals surface area (Å²) in [5.41, 5.74) is 1.92. The SMILES string of the molecule is Cc1cc(F)ccc1CCNC(=O)[C@H]1C[C@H](O)CN1. The highest BCUT2D eigenvalue weighted by Crippen LogP contribution is 2.10. The first-order chi connectivity index (χ1) is 9.06. The van der Waals surface area contributed by atoms with Gasteiger partial charge in [-0.1, -0.05) is 6.07 Å². The van der Waals surface area contributed by atoms with Crippen LogP contribution in [0.3, 0.4) is 0 Å². The second kappa shape index (κ2) is 6.12. The Bertz CT molecular complexity index is 465. The normalized spacial score (nSPS) is 22.5. The Kier molecular flexibility index (Phi) is 4.50. The van der Waals surface area contributed by atoms with Crippen LogP contribution in [0.1, 0.15) is 17.5 Å². The Morgan fingerprint density at radius 3 is 3.00 bits per heavy atom. The molecule has 3 N–H and O–H groups in total. The van der Waals surface area contributed by atoms with Crippen LogP contribution in [-0.2, 0) is 11.2 Å². The number of β-amino-alcohol motifs (C(OH)–C–C–N with tert-alkyl or cyclic N) is 1. The third-order valence-electron chi connectivity index (χ3n) is 3.42. The lowest BCUT2D eigenvalue weighted by molar-refractivity contribution is -0.122. The molecule has 1 saturated heterocycles. The van der Waals surface area contributed by atoms with Crippen LogP contribution in [0, 0.1) is 12.7 Å². The number of rotatable bonds is 4. The van der Waals surface area contributed by atoms with Crippen LogP contribution < -0.4 is 10.6 Å². The Morgan fingerprint density at radius 1 is 1.58 bits per heavy atom. The molecule has 1 fully saturated rings. The van der Waals surface area contributed by atoms with E-state index in [1.807, 2.05) is 6.92 Å². The molecule has 1 aromatic rings. The number of amides is 1. The predicted molar refractivity (Wildman–Crippen MR) is 70.3 cm³/mol. The smallest absolute Gasteiger partial charge is 0.237 e. The van der Waals surface area contributed by atoms with Gasteiger partial charge in [-0.2, -0.15) is 0 Å². The molecule has 1 aliphatic heterocycles. The zero-order chi connectivity index (χ0) is 13.8. The molecule has 1 aliphatic rings. The van der Waals surface area contributed by atoms with Crippen LogP contribution >= 0.6 is 0 Å².